The molecule has 1 N–H and O–H groups in total. The lowest BCUT2D eigenvalue weighted by Crippen LogP contribution is -2.66. The third kappa shape index (κ3) is 2.16. The number of carbonyl (C=O) groups excluding carboxylic acids is 2. The van der Waals surface area contributed by atoms with Crippen molar-refractivity contribution < 1.29 is 9.59 Å². The van der Waals surface area contributed by atoms with Gasteiger partial charge in [-0.25, -0.2) is 0 Å². The molecule has 1 aliphatic heterocycles. The Bertz CT molecular complexity index is 478. The number of rotatable bonds is 3. The minimum absolute atomic E-state index is 0.0516. The van der Waals surface area contributed by atoms with E-state index in [-0.39, 0.29) is 18.4 Å². The number of nitrogens with zero attached hydrogens (tertiary/aromatic N) is 1. The van der Waals surface area contributed by atoms with Crippen LogP contribution in [0.5, 0.6) is 0 Å². The van der Waals surface area contributed by atoms with Gasteiger partial charge in [0.15, 0.2) is 0 Å². The van der Waals surface area contributed by atoms with Crippen LogP contribution in [0.4, 0.5) is 0 Å². The fourth-order valence-electron chi connectivity index (χ4n) is 3.25. The summed E-state index contributed by atoms with van der Waals surface area (Å²) in [7, 11) is 0. The van der Waals surface area contributed by atoms with E-state index in [1.165, 1.54) is 4.88 Å². The predicted octanol–water partition coefficient (Wildman–Crippen LogP) is 1.56. The van der Waals surface area contributed by atoms with Gasteiger partial charge in [0.25, 0.3) is 0 Å². The Morgan fingerprint density at radius 2 is 2.11 bits per heavy atom. The van der Waals surface area contributed by atoms with Gasteiger partial charge in [-0.1, -0.05) is 18.9 Å². The van der Waals surface area contributed by atoms with Crippen molar-refractivity contribution >= 4 is 23.2 Å². The van der Waals surface area contributed by atoms with Gasteiger partial charge in [-0.15, -0.1) is 11.3 Å². The van der Waals surface area contributed by atoms with Gasteiger partial charge < -0.3 is 10.2 Å². The van der Waals surface area contributed by atoms with Crippen molar-refractivity contribution in [1.82, 2.24) is 10.2 Å². The Kier molecular flexibility index (Phi) is 3.31. The normalized spacial score (nSPS) is 22.0. The Balaban J connectivity index is 1.78. The Hall–Kier alpha value is -1.36. The second kappa shape index (κ2) is 4.96. The van der Waals surface area contributed by atoms with Crippen molar-refractivity contribution in [3.8, 4) is 0 Å². The van der Waals surface area contributed by atoms with Crippen LogP contribution in [0.2, 0.25) is 0 Å². The summed E-state index contributed by atoms with van der Waals surface area (Å²) < 4.78 is 0. The average Bonchev–Trinajstić information content (AvgIpc) is 3.06. The molecule has 102 valence electrons. The zero-order valence-corrected chi connectivity index (χ0v) is 11.7. The SMILES string of the molecule is O=C1CNC(=O)C2(CCCC2)N1CCc1cccs1. The monoisotopic (exact) mass is 278 g/mol. The topological polar surface area (TPSA) is 49.4 Å². The van der Waals surface area contributed by atoms with Crippen molar-refractivity contribution in [3.05, 3.63) is 22.4 Å². The fourth-order valence-corrected chi connectivity index (χ4v) is 3.95. The quantitative estimate of drug-likeness (QED) is 0.912. The summed E-state index contributed by atoms with van der Waals surface area (Å²) in [6.07, 6.45) is 4.55. The molecule has 2 fully saturated rings. The fraction of sp³-hybridized carbons (Fsp3) is 0.571. The van der Waals surface area contributed by atoms with E-state index in [4.69, 9.17) is 0 Å². The molecule has 0 radical (unpaired) electrons. The first-order chi connectivity index (χ1) is 9.22. The lowest BCUT2D eigenvalue weighted by Gasteiger charge is -2.43. The summed E-state index contributed by atoms with van der Waals surface area (Å²) in [4.78, 5) is 27.5. The Labute approximate surface area is 116 Å². The largest absolute Gasteiger partial charge is 0.345 e. The van der Waals surface area contributed by atoms with Gasteiger partial charge in [0.1, 0.15) is 5.54 Å². The van der Waals surface area contributed by atoms with Gasteiger partial charge in [-0.3, -0.25) is 9.59 Å². The van der Waals surface area contributed by atoms with Crippen LogP contribution >= 0.6 is 11.3 Å². The van der Waals surface area contributed by atoms with Gasteiger partial charge >= 0.3 is 0 Å². The lowest BCUT2D eigenvalue weighted by atomic mass is 9.91. The second-order valence-corrected chi connectivity index (χ2v) is 6.33. The highest BCUT2D eigenvalue weighted by Gasteiger charge is 2.50. The van der Waals surface area contributed by atoms with E-state index in [0.717, 1.165) is 32.1 Å². The van der Waals surface area contributed by atoms with Gasteiger partial charge in [0.05, 0.1) is 6.54 Å². The molecule has 1 aliphatic carbocycles. The Morgan fingerprint density at radius 3 is 2.79 bits per heavy atom. The van der Waals surface area contributed by atoms with E-state index in [1.807, 2.05) is 16.3 Å². The molecule has 1 aromatic heterocycles. The van der Waals surface area contributed by atoms with Gasteiger partial charge in [-0.2, -0.15) is 0 Å². The summed E-state index contributed by atoms with van der Waals surface area (Å²) in [5.74, 6) is 0.119. The average molecular weight is 278 g/mol. The molecule has 0 atom stereocenters. The molecular formula is C14H18N2O2S. The first kappa shape index (κ1) is 12.7. The van der Waals surface area contributed by atoms with Crippen molar-refractivity contribution in [2.24, 2.45) is 0 Å². The minimum atomic E-state index is -0.549. The summed E-state index contributed by atoms with van der Waals surface area (Å²) in [6.45, 7) is 0.817. The van der Waals surface area contributed by atoms with Gasteiger partial charge in [0.2, 0.25) is 11.8 Å². The highest BCUT2D eigenvalue weighted by molar-refractivity contribution is 7.09. The van der Waals surface area contributed by atoms with Crippen molar-refractivity contribution in [2.75, 3.05) is 13.1 Å². The zero-order valence-electron chi connectivity index (χ0n) is 10.9. The van der Waals surface area contributed by atoms with Crippen LogP contribution in [-0.2, 0) is 16.0 Å². The number of thiophene rings is 1. The molecule has 1 spiro atoms. The van der Waals surface area contributed by atoms with Crippen molar-refractivity contribution in [3.63, 3.8) is 0 Å². The molecule has 4 nitrogen and oxygen atoms in total. The molecule has 0 unspecified atom stereocenters. The van der Waals surface area contributed by atoms with E-state index in [0.29, 0.717) is 6.54 Å². The lowest BCUT2D eigenvalue weighted by molar-refractivity contribution is -0.153. The molecule has 5 heteroatoms. The first-order valence-electron chi connectivity index (χ1n) is 6.83. The third-order valence-electron chi connectivity index (χ3n) is 4.23. The predicted molar refractivity (Wildman–Crippen MR) is 73.9 cm³/mol. The van der Waals surface area contributed by atoms with E-state index < -0.39 is 5.54 Å². The van der Waals surface area contributed by atoms with Crippen LogP contribution in [0, 0.1) is 0 Å². The third-order valence-corrected chi connectivity index (χ3v) is 5.17. The van der Waals surface area contributed by atoms with E-state index >= 15 is 0 Å². The highest BCUT2D eigenvalue weighted by atomic mass is 32.1. The standard InChI is InChI=1S/C14H18N2O2S/c17-12-10-15-13(18)14(6-1-2-7-14)16(12)8-5-11-4-3-9-19-11/h3-4,9H,1-2,5-8,10H2,(H,15,18). The molecule has 2 aliphatic rings. The van der Waals surface area contributed by atoms with Crippen LogP contribution in [0.1, 0.15) is 30.6 Å². The minimum Gasteiger partial charge on any atom is -0.345 e. The van der Waals surface area contributed by atoms with Crippen LogP contribution in [0.3, 0.4) is 0 Å². The Morgan fingerprint density at radius 1 is 1.32 bits per heavy atom. The maximum absolute atomic E-state index is 12.2. The number of nitrogens with one attached hydrogen (secondary N) is 1. The highest BCUT2D eigenvalue weighted by Crippen LogP contribution is 2.37. The maximum Gasteiger partial charge on any atom is 0.246 e. The molecule has 0 aromatic carbocycles. The van der Waals surface area contributed by atoms with Gasteiger partial charge in [-0.05, 0) is 30.7 Å². The smallest absolute Gasteiger partial charge is 0.246 e. The summed E-state index contributed by atoms with van der Waals surface area (Å²) in [6, 6.07) is 4.11. The number of amides is 2. The number of piperazine rings is 1. The molecule has 1 aromatic rings. The van der Waals surface area contributed by atoms with E-state index in [9.17, 15) is 9.59 Å². The van der Waals surface area contributed by atoms with Crippen LogP contribution < -0.4 is 5.32 Å². The summed E-state index contributed by atoms with van der Waals surface area (Å²) in [5.41, 5.74) is -0.549. The molecule has 2 amide bonds. The van der Waals surface area contributed by atoms with Crippen LogP contribution in [0.15, 0.2) is 17.5 Å². The van der Waals surface area contributed by atoms with Crippen molar-refractivity contribution in [2.45, 2.75) is 37.6 Å². The molecule has 0 bridgehead atoms. The summed E-state index contributed by atoms with van der Waals surface area (Å²) >= 11 is 1.71. The number of hydrogen-bond donors (Lipinski definition) is 1. The molecule has 19 heavy (non-hydrogen) atoms. The first-order valence-corrected chi connectivity index (χ1v) is 7.71. The molecule has 1 saturated heterocycles. The number of carbonyl (C=O) groups is 2. The summed E-state index contributed by atoms with van der Waals surface area (Å²) in [5, 5.41) is 4.81. The zero-order chi connectivity index (χ0) is 13.3. The second-order valence-electron chi connectivity index (χ2n) is 5.30. The number of hydrogen-bond acceptors (Lipinski definition) is 3. The van der Waals surface area contributed by atoms with Crippen LogP contribution in [-0.4, -0.2) is 35.3 Å². The van der Waals surface area contributed by atoms with Crippen LogP contribution in [0.25, 0.3) is 0 Å². The molecule has 3 rings (SSSR count). The maximum atomic E-state index is 12.2. The van der Waals surface area contributed by atoms with Gasteiger partial charge in [0, 0.05) is 11.4 Å². The van der Waals surface area contributed by atoms with E-state index in [2.05, 4.69) is 11.4 Å². The van der Waals surface area contributed by atoms with Crippen molar-refractivity contribution in [1.29, 1.82) is 0 Å². The van der Waals surface area contributed by atoms with E-state index in [1.54, 1.807) is 11.3 Å². The molecule has 1 saturated carbocycles. The molecule has 2 heterocycles. The molecular weight excluding hydrogens is 260 g/mol.